The van der Waals surface area contributed by atoms with Crippen molar-refractivity contribution in [3.05, 3.63) is 34.6 Å². The van der Waals surface area contributed by atoms with Crippen molar-refractivity contribution in [2.45, 2.75) is 45.1 Å². The van der Waals surface area contributed by atoms with Crippen molar-refractivity contribution in [2.75, 3.05) is 6.54 Å². The van der Waals surface area contributed by atoms with Crippen LogP contribution in [0.1, 0.15) is 50.6 Å². The smallest absolute Gasteiger partial charge is 0.142 e. The summed E-state index contributed by atoms with van der Waals surface area (Å²) in [4.78, 5) is 0. The van der Waals surface area contributed by atoms with Gasteiger partial charge in [-0.1, -0.05) is 43.5 Å². The third-order valence-corrected chi connectivity index (χ3v) is 3.96. The zero-order valence-electron chi connectivity index (χ0n) is 10.9. The highest BCUT2D eigenvalue weighted by molar-refractivity contribution is 6.31. The van der Waals surface area contributed by atoms with E-state index in [0.29, 0.717) is 0 Å². The molecule has 0 aliphatic heterocycles. The van der Waals surface area contributed by atoms with Crippen LogP contribution in [0, 0.1) is 11.7 Å². The lowest BCUT2D eigenvalue weighted by molar-refractivity contribution is 0.468. The van der Waals surface area contributed by atoms with E-state index in [1.165, 1.54) is 25.3 Å². The summed E-state index contributed by atoms with van der Waals surface area (Å²) in [6.45, 7) is 3.08. The lowest BCUT2D eigenvalue weighted by Gasteiger charge is -2.20. The third kappa shape index (κ3) is 3.69. The lowest BCUT2D eigenvalue weighted by atomic mass is 10.00. The Morgan fingerprint density at radius 2 is 2.22 bits per heavy atom. The summed E-state index contributed by atoms with van der Waals surface area (Å²) in [6.07, 6.45) is 6.06. The van der Waals surface area contributed by atoms with Gasteiger partial charge in [-0.25, -0.2) is 4.39 Å². The predicted molar refractivity (Wildman–Crippen MR) is 74.4 cm³/mol. The minimum atomic E-state index is -0.316. The fourth-order valence-corrected chi connectivity index (χ4v) is 2.54. The Bertz CT molecular complexity index is 390. The van der Waals surface area contributed by atoms with E-state index < -0.39 is 0 Å². The van der Waals surface area contributed by atoms with Crippen molar-refractivity contribution in [1.29, 1.82) is 0 Å². The summed E-state index contributed by atoms with van der Waals surface area (Å²) < 4.78 is 13.5. The van der Waals surface area contributed by atoms with Crippen LogP contribution < -0.4 is 5.32 Å². The molecule has 18 heavy (non-hydrogen) atoms. The maximum absolute atomic E-state index is 13.5. The number of nitrogens with one attached hydrogen (secondary N) is 1. The highest BCUT2D eigenvalue weighted by Gasteiger charge is 2.24. The van der Waals surface area contributed by atoms with Crippen LogP contribution in [0.2, 0.25) is 5.02 Å². The molecule has 0 radical (unpaired) electrons. The Hall–Kier alpha value is -0.600. The van der Waals surface area contributed by atoms with E-state index in [0.717, 1.165) is 30.9 Å². The van der Waals surface area contributed by atoms with E-state index in [4.69, 9.17) is 11.6 Å². The Balaban J connectivity index is 2.06. The molecule has 1 saturated carbocycles. The summed E-state index contributed by atoms with van der Waals surface area (Å²) in [6, 6.07) is 5.29. The van der Waals surface area contributed by atoms with Crippen molar-refractivity contribution < 1.29 is 4.39 Å². The van der Waals surface area contributed by atoms with Crippen LogP contribution in [-0.2, 0) is 0 Å². The van der Waals surface area contributed by atoms with Crippen LogP contribution in [0.25, 0.3) is 0 Å². The van der Waals surface area contributed by atoms with Gasteiger partial charge >= 0.3 is 0 Å². The molecule has 0 bridgehead atoms. The molecule has 1 aromatic carbocycles. The molecule has 1 fully saturated rings. The van der Waals surface area contributed by atoms with Gasteiger partial charge in [0, 0.05) is 6.04 Å². The Labute approximate surface area is 114 Å². The van der Waals surface area contributed by atoms with Gasteiger partial charge in [-0.3, -0.25) is 0 Å². The second-order valence-corrected chi connectivity index (χ2v) is 5.55. The summed E-state index contributed by atoms with van der Waals surface area (Å²) >= 11 is 6.08. The van der Waals surface area contributed by atoms with Gasteiger partial charge in [-0.2, -0.15) is 0 Å². The van der Waals surface area contributed by atoms with E-state index in [2.05, 4.69) is 12.2 Å². The maximum Gasteiger partial charge on any atom is 0.142 e. The molecule has 0 spiro atoms. The predicted octanol–water partition coefficient (Wildman–Crippen LogP) is 4.71. The van der Waals surface area contributed by atoms with Crippen LogP contribution in [-0.4, -0.2) is 6.54 Å². The minimum absolute atomic E-state index is 0.189. The quantitative estimate of drug-likeness (QED) is 0.756. The number of benzene rings is 1. The largest absolute Gasteiger partial charge is 0.310 e. The molecule has 1 nitrogen and oxygen atoms in total. The van der Waals surface area contributed by atoms with Gasteiger partial charge in [0.2, 0.25) is 0 Å². The Kier molecular flexibility index (Phi) is 5.02. The van der Waals surface area contributed by atoms with Crippen molar-refractivity contribution in [1.82, 2.24) is 5.32 Å². The standard InChI is InChI=1S/C15H21ClFN/c1-2-10-18-14(9-8-11-6-7-11)12-4-3-5-13(17)15(12)16/h3-5,11,14,18H,2,6-10H2,1H3. The van der Waals surface area contributed by atoms with Crippen LogP contribution in [0.15, 0.2) is 18.2 Å². The van der Waals surface area contributed by atoms with Gasteiger partial charge in [0.25, 0.3) is 0 Å². The zero-order chi connectivity index (χ0) is 13.0. The first-order valence-corrected chi connectivity index (χ1v) is 7.27. The Morgan fingerprint density at radius 3 is 2.89 bits per heavy atom. The van der Waals surface area contributed by atoms with Gasteiger partial charge in [-0.15, -0.1) is 0 Å². The first kappa shape index (κ1) is 13.8. The lowest BCUT2D eigenvalue weighted by Crippen LogP contribution is -2.22. The molecule has 0 heterocycles. The fraction of sp³-hybridized carbons (Fsp3) is 0.600. The van der Waals surface area contributed by atoms with Gasteiger partial charge < -0.3 is 5.32 Å². The van der Waals surface area contributed by atoms with Crippen molar-refractivity contribution in [3.63, 3.8) is 0 Å². The molecule has 1 N–H and O–H groups in total. The first-order valence-electron chi connectivity index (χ1n) is 6.89. The van der Waals surface area contributed by atoms with Gasteiger partial charge in [0.1, 0.15) is 5.82 Å². The summed E-state index contributed by atoms with van der Waals surface area (Å²) in [5, 5.41) is 3.77. The van der Waals surface area contributed by atoms with E-state index in [9.17, 15) is 4.39 Å². The summed E-state index contributed by atoms with van der Waals surface area (Å²) in [5.74, 6) is 0.576. The van der Waals surface area contributed by atoms with Gasteiger partial charge in [0.15, 0.2) is 0 Å². The number of hydrogen-bond acceptors (Lipinski definition) is 1. The molecule has 0 aromatic heterocycles. The topological polar surface area (TPSA) is 12.0 Å². The SMILES string of the molecule is CCCNC(CCC1CC1)c1cccc(F)c1Cl. The second kappa shape index (κ2) is 6.53. The minimum Gasteiger partial charge on any atom is -0.310 e. The summed E-state index contributed by atoms with van der Waals surface area (Å²) in [7, 11) is 0. The van der Waals surface area contributed by atoms with E-state index in [-0.39, 0.29) is 16.9 Å². The molecule has 1 atom stereocenters. The van der Waals surface area contributed by atoms with Crippen LogP contribution in [0.3, 0.4) is 0 Å². The average Bonchev–Trinajstić information content (AvgIpc) is 3.18. The third-order valence-electron chi connectivity index (χ3n) is 3.56. The maximum atomic E-state index is 13.5. The van der Waals surface area contributed by atoms with Gasteiger partial charge in [0.05, 0.1) is 5.02 Å². The molecule has 3 heteroatoms. The van der Waals surface area contributed by atoms with E-state index in [1.54, 1.807) is 6.07 Å². The fourth-order valence-electron chi connectivity index (χ4n) is 2.28. The Morgan fingerprint density at radius 1 is 1.44 bits per heavy atom. The molecule has 0 amide bonds. The van der Waals surface area contributed by atoms with Crippen LogP contribution >= 0.6 is 11.6 Å². The second-order valence-electron chi connectivity index (χ2n) is 5.17. The molecule has 100 valence electrons. The van der Waals surface area contributed by atoms with Crippen LogP contribution in [0.4, 0.5) is 4.39 Å². The molecule has 1 unspecified atom stereocenters. The molecule has 2 rings (SSSR count). The molecule has 1 aliphatic rings. The number of rotatable bonds is 7. The average molecular weight is 270 g/mol. The van der Waals surface area contributed by atoms with Crippen molar-refractivity contribution in [2.24, 2.45) is 5.92 Å². The molecule has 1 aromatic rings. The zero-order valence-corrected chi connectivity index (χ0v) is 11.6. The molecule has 1 aliphatic carbocycles. The molecular formula is C15H21ClFN. The van der Waals surface area contributed by atoms with Crippen LogP contribution in [0.5, 0.6) is 0 Å². The molecule has 0 saturated heterocycles. The monoisotopic (exact) mass is 269 g/mol. The number of halogens is 2. The highest BCUT2D eigenvalue weighted by atomic mass is 35.5. The normalized spacial score (nSPS) is 16.8. The van der Waals surface area contributed by atoms with E-state index >= 15 is 0 Å². The van der Waals surface area contributed by atoms with Crippen molar-refractivity contribution >= 4 is 11.6 Å². The summed E-state index contributed by atoms with van der Waals surface area (Å²) in [5.41, 5.74) is 0.908. The number of hydrogen-bond donors (Lipinski definition) is 1. The first-order chi connectivity index (χ1) is 8.72. The van der Waals surface area contributed by atoms with Crippen molar-refractivity contribution in [3.8, 4) is 0 Å². The van der Waals surface area contributed by atoms with E-state index in [1.807, 2.05) is 6.07 Å². The van der Waals surface area contributed by atoms with Gasteiger partial charge in [-0.05, 0) is 43.4 Å². The highest BCUT2D eigenvalue weighted by Crippen LogP contribution is 2.37. The molecular weight excluding hydrogens is 249 g/mol.